The number of halogens is 1. The Hall–Kier alpha value is -1.64. The van der Waals surface area contributed by atoms with E-state index >= 15 is 0 Å². The van der Waals surface area contributed by atoms with Gasteiger partial charge in [0.05, 0.1) is 6.61 Å². The van der Waals surface area contributed by atoms with E-state index < -0.39 is 5.97 Å². The smallest absolute Gasteiger partial charge is 0.333 e. The van der Waals surface area contributed by atoms with Crippen LogP contribution in [0, 0.1) is 5.82 Å². The second kappa shape index (κ2) is 5.29. The summed E-state index contributed by atoms with van der Waals surface area (Å²) in [5.41, 5.74) is 0.782. The number of ether oxygens (including phenoxy) is 1. The van der Waals surface area contributed by atoms with Gasteiger partial charge in [0, 0.05) is 11.1 Å². The number of benzene rings is 1. The van der Waals surface area contributed by atoms with Crippen molar-refractivity contribution in [2.75, 3.05) is 6.61 Å². The van der Waals surface area contributed by atoms with Crippen LogP contribution >= 0.6 is 0 Å². The zero-order valence-corrected chi connectivity index (χ0v) is 8.79. The molecule has 0 aliphatic rings. The van der Waals surface area contributed by atoms with Gasteiger partial charge < -0.3 is 4.74 Å². The SMILES string of the molecule is CCOC(=O)C(C)=Cc1ccccc1F. The summed E-state index contributed by atoms with van der Waals surface area (Å²) in [6.07, 6.45) is 1.48. The van der Waals surface area contributed by atoms with Crippen molar-refractivity contribution in [2.45, 2.75) is 13.8 Å². The molecule has 0 fully saturated rings. The van der Waals surface area contributed by atoms with Crippen LogP contribution in [0.15, 0.2) is 29.8 Å². The van der Waals surface area contributed by atoms with Gasteiger partial charge in [-0.05, 0) is 26.0 Å². The molecule has 80 valence electrons. The molecule has 0 saturated carbocycles. The number of hydrogen-bond acceptors (Lipinski definition) is 2. The molecule has 0 saturated heterocycles. The Balaban J connectivity index is 2.88. The molecule has 0 unspecified atom stereocenters. The first-order valence-electron chi connectivity index (χ1n) is 4.75. The lowest BCUT2D eigenvalue weighted by Crippen LogP contribution is -2.04. The summed E-state index contributed by atoms with van der Waals surface area (Å²) >= 11 is 0. The van der Waals surface area contributed by atoms with Gasteiger partial charge in [-0.2, -0.15) is 0 Å². The molecule has 0 bridgehead atoms. The Labute approximate surface area is 88.4 Å². The van der Waals surface area contributed by atoms with Crippen molar-refractivity contribution >= 4 is 12.0 Å². The van der Waals surface area contributed by atoms with Gasteiger partial charge in [0.2, 0.25) is 0 Å². The molecule has 15 heavy (non-hydrogen) atoms. The predicted octanol–water partition coefficient (Wildman–Crippen LogP) is 2.79. The molecular weight excluding hydrogens is 195 g/mol. The Morgan fingerprint density at radius 1 is 1.47 bits per heavy atom. The van der Waals surface area contributed by atoms with E-state index in [9.17, 15) is 9.18 Å². The van der Waals surface area contributed by atoms with Crippen LogP contribution in [0.25, 0.3) is 6.08 Å². The first kappa shape index (κ1) is 11.4. The largest absolute Gasteiger partial charge is 0.463 e. The molecule has 1 rings (SSSR count). The minimum atomic E-state index is -0.416. The molecule has 1 aromatic rings. The highest BCUT2D eigenvalue weighted by atomic mass is 19.1. The zero-order chi connectivity index (χ0) is 11.3. The second-order valence-corrected chi connectivity index (χ2v) is 3.07. The lowest BCUT2D eigenvalue weighted by Gasteiger charge is -2.02. The molecule has 3 heteroatoms. The number of esters is 1. The van der Waals surface area contributed by atoms with Crippen LogP contribution in [0.2, 0.25) is 0 Å². The number of rotatable bonds is 3. The van der Waals surface area contributed by atoms with Crippen molar-refractivity contribution in [1.29, 1.82) is 0 Å². The van der Waals surface area contributed by atoms with Crippen molar-refractivity contribution in [3.63, 3.8) is 0 Å². The average Bonchev–Trinajstić information content (AvgIpc) is 2.21. The van der Waals surface area contributed by atoms with Gasteiger partial charge >= 0.3 is 5.97 Å². The lowest BCUT2D eigenvalue weighted by molar-refractivity contribution is -0.138. The van der Waals surface area contributed by atoms with E-state index in [0.717, 1.165) is 0 Å². The minimum Gasteiger partial charge on any atom is -0.463 e. The van der Waals surface area contributed by atoms with Crippen LogP contribution in [0.5, 0.6) is 0 Å². The van der Waals surface area contributed by atoms with Crippen LogP contribution in [0.3, 0.4) is 0 Å². The molecular formula is C12H13FO2. The van der Waals surface area contributed by atoms with E-state index in [2.05, 4.69) is 0 Å². The van der Waals surface area contributed by atoms with Gasteiger partial charge in [0.25, 0.3) is 0 Å². The maximum absolute atomic E-state index is 13.2. The van der Waals surface area contributed by atoms with Crippen molar-refractivity contribution < 1.29 is 13.9 Å². The first-order valence-corrected chi connectivity index (χ1v) is 4.75. The highest BCUT2D eigenvalue weighted by Gasteiger charge is 2.05. The molecule has 0 atom stereocenters. The van der Waals surface area contributed by atoms with Crippen molar-refractivity contribution in [3.8, 4) is 0 Å². The molecule has 0 amide bonds. The van der Waals surface area contributed by atoms with Crippen LogP contribution in [0.1, 0.15) is 19.4 Å². The van der Waals surface area contributed by atoms with Crippen LogP contribution in [-0.2, 0) is 9.53 Å². The first-order chi connectivity index (χ1) is 7.15. The standard InChI is InChI=1S/C12H13FO2/c1-3-15-12(14)9(2)8-10-6-4-5-7-11(10)13/h4-8H,3H2,1-2H3. The van der Waals surface area contributed by atoms with Gasteiger partial charge in [0.15, 0.2) is 0 Å². The highest BCUT2D eigenvalue weighted by Crippen LogP contribution is 2.11. The maximum Gasteiger partial charge on any atom is 0.333 e. The van der Waals surface area contributed by atoms with Gasteiger partial charge in [0.1, 0.15) is 5.82 Å². The van der Waals surface area contributed by atoms with Crippen LogP contribution < -0.4 is 0 Å². The van der Waals surface area contributed by atoms with Crippen LogP contribution in [-0.4, -0.2) is 12.6 Å². The minimum absolute atomic E-state index is 0.321. The number of carbonyl (C=O) groups is 1. The number of carbonyl (C=O) groups excluding carboxylic acids is 1. The summed E-state index contributed by atoms with van der Waals surface area (Å²) < 4.78 is 18.0. The summed E-state index contributed by atoms with van der Waals surface area (Å²) in [6.45, 7) is 3.65. The van der Waals surface area contributed by atoms with Crippen molar-refractivity contribution in [2.24, 2.45) is 0 Å². The monoisotopic (exact) mass is 208 g/mol. The highest BCUT2D eigenvalue weighted by molar-refractivity contribution is 5.92. The van der Waals surface area contributed by atoms with Crippen molar-refractivity contribution in [3.05, 3.63) is 41.2 Å². The normalized spacial score (nSPS) is 11.3. The molecule has 0 aliphatic heterocycles. The third-order valence-electron chi connectivity index (χ3n) is 1.87. The Morgan fingerprint density at radius 2 is 2.13 bits per heavy atom. The molecule has 0 aromatic heterocycles. The summed E-state index contributed by atoms with van der Waals surface area (Å²) in [4.78, 5) is 11.2. The summed E-state index contributed by atoms with van der Waals surface area (Å²) in [6, 6.07) is 6.28. The van der Waals surface area contributed by atoms with Crippen LogP contribution in [0.4, 0.5) is 4.39 Å². The summed E-state index contributed by atoms with van der Waals surface area (Å²) in [5, 5.41) is 0. The topological polar surface area (TPSA) is 26.3 Å². The van der Waals surface area contributed by atoms with Crippen molar-refractivity contribution in [1.82, 2.24) is 0 Å². The molecule has 0 spiro atoms. The van der Waals surface area contributed by atoms with E-state index in [1.165, 1.54) is 12.1 Å². The Kier molecular flexibility index (Phi) is 4.03. The van der Waals surface area contributed by atoms with Gasteiger partial charge in [-0.15, -0.1) is 0 Å². The molecule has 0 N–H and O–H groups in total. The average molecular weight is 208 g/mol. The molecule has 0 radical (unpaired) electrons. The summed E-state index contributed by atoms with van der Waals surface area (Å²) in [5.74, 6) is -0.762. The van der Waals surface area contributed by atoms with E-state index in [4.69, 9.17) is 4.74 Å². The quantitative estimate of drug-likeness (QED) is 0.564. The van der Waals surface area contributed by atoms with E-state index in [1.54, 1.807) is 32.0 Å². The maximum atomic E-state index is 13.2. The third kappa shape index (κ3) is 3.20. The lowest BCUT2D eigenvalue weighted by atomic mass is 10.1. The Bertz CT molecular complexity index is 383. The Morgan fingerprint density at radius 3 is 2.73 bits per heavy atom. The zero-order valence-electron chi connectivity index (χ0n) is 8.79. The molecule has 2 nitrogen and oxygen atoms in total. The predicted molar refractivity (Wildman–Crippen MR) is 56.7 cm³/mol. The fourth-order valence-corrected chi connectivity index (χ4v) is 1.13. The van der Waals surface area contributed by atoms with E-state index in [-0.39, 0.29) is 5.82 Å². The molecule has 0 heterocycles. The molecule has 0 aliphatic carbocycles. The third-order valence-corrected chi connectivity index (χ3v) is 1.87. The summed E-state index contributed by atoms with van der Waals surface area (Å²) in [7, 11) is 0. The van der Waals surface area contributed by atoms with Gasteiger partial charge in [-0.25, -0.2) is 9.18 Å². The van der Waals surface area contributed by atoms with Gasteiger partial charge in [-0.3, -0.25) is 0 Å². The fraction of sp³-hybridized carbons (Fsp3) is 0.250. The number of hydrogen-bond donors (Lipinski definition) is 0. The second-order valence-electron chi connectivity index (χ2n) is 3.07. The fourth-order valence-electron chi connectivity index (χ4n) is 1.13. The van der Waals surface area contributed by atoms with E-state index in [0.29, 0.717) is 17.7 Å². The van der Waals surface area contributed by atoms with Gasteiger partial charge in [-0.1, -0.05) is 18.2 Å². The molecule has 1 aromatic carbocycles. The van der Waals surface area contributed by atoms with E-state index in [1.807, 2.05) is 0 Å².